The van der Waals surface area contributed by atoms with E-state index in [2.05, 4.69) is 30.9 Å². The van der Waals surface area contributed by atoms with Crippen molar-refractivity contribution in [1.29, 1.82) is 0 Å². The van der Waals surface area contributed by atoms with Gasteiger partial charge in [-0.3, -0.25) is 0 Å². The van der Waals surface area contributed by atoms with Gasteiger partial charge >= 0.3 is 0 Å². The first-order chi connectivity index (χ1) is 15.3. The van der Waals surface area contributed by atoms with Crippen LogP contribution in [0.4, 0.5) is 0 Å². The Kier molecular flexibility index (Phi) is 10.4. The van der Waals surface area contributed by atoms with E-state index in [1.54, 1.807) is 0 Å². The maximum Gasteiger partial charge on any atom is 0.119 e. The van der Waals surface area contributed by atoms with Gasteiger partial charge in [-0.25, -0.2) is 0 Å². The summed E-state index contributed by atoms with van der Waals surface area (Å²) >= 11 is 0. The van der Waals surface area contributed by atoms with Crippen molar-refractivity contribution in [3.05, 3.63) is 36.4 Å². The Labute approximate surface area is 190 Å². The van der Waals surface area contributed by atoms with Gasteiger partial charge in [-0.05, 0) is 106 Å². The predicted molar refractivity (Wildman–Crippen MR) is 130 cm³/mol. The van der Waals surface area contributed by atoms with Gasteiger partial charge < -0.3 is 9.47 Å². The smallest absolute Gasteiger partial charge is 0.119 e. The van der Waals surface area contributed by atoms with Crippen LogP contribution in [0.25, 0.3) is 0 Å². The Morgan fingerprint density at radius 3 is 2.13 bits per heavy atom. The first-order valence-corrected chi connectivity index (χ1v) is 12.8. The first-order valence-electron chi connectivity index (χ1n) is 12.8. The van der Waals surface area contributed by atoms with Gasteiger partial charge in [0.1, 0.15) is 11.5 Å². The third-order valence-corrected chi connectivity index (χ3v) is 7.06. The van der Waals surface area contributed by atoms with Gasteiger partial charge in [-0.15, -0.1) is 0 Å². The fourth-order valence-corrected chi connectivity index (χ4v) is 5.00. The summed E-state index contributed by atoms with van der Waals surface area (Å²) < 4.78 is 11.5. The quantitative estimate of drug-likeness (QED) is 0.378. The summed E-state index contributed by atoms with van der Waals surface area (Å²) in [4.78, 5) is 0. The minimum Gasteiger partial charge on any atom is -0.494 e. The van der Waals surface area contributed by atoms with Crippen LogP contribution in [-0.2, 0) is 0 Å². The third-order valence-electron chi connectivity index (χ3n) is 7.06. The van der Waals surface area contributed by atoms with E-state index >= 15 is 0 Å². The van der Waals surface area contributed by atoms with Gasteiger partial charge in [-0.1, -0.05) is 44.1 Å². The molecule has 31 heavy (non-hydrogen) atoms. The van der Waals surface area contributed by atoms with E-state index in [1.165, 1.54) is 70.6 Å². The van der Waals surface area contributed by atoms with E-state index in [1.807, 2.05) is 31.2 Å². The number of hydrogen-bond acceptors (Lipinski definition) is 2. The molecule has 0 amide bonds. The molecule has 2 heteroatoms. The molecule has 1 aromatic rings. The van der Waals surface area contributed by atoms with Crippen LogP contribution < -0.4 is 9.47 Å². The predicted octanol–water partition coefficient (Wildman–Crippen LogP) is 7.83. The number of benzene rings is 1. The summed E-state index contributed by atoms with van der Waals surface area (Å²) in [5.41, 5.74) is 0. The van der Waals surface area contributed by atoms with Crippen LogP contribution in [0.15, 0.2) is 36.4 Å². The van der Waals surface area contributed by atoms with Crippen molar-refractivity contribution in [3.8, 4) is 23.3 Å². The van der Waals surface area contributed by atoms with E-state index in [-0.39, 0.29) is 0 Å². The van der Waals surface area contributed by atoms with Gasteiger partial charge in [0, 0.05) is 5.92 Å². The van der Waals surface area contributed by atoms with E-state index in [4.69, 9.17) is 9.47 Å². The van der Waals surface area contributed by atoms with Crippen molar-refractivity contribution >= 4 is 0 Å². The van der Waals surface area contributed by atoms with Gasteiger partial charge in [0.2, 0.25) is 0 Å². The van der Waals surface area contributed by atoms with Crippen molar-refractivity contribution in [1.82, 2.24) is 0 Å². The number of allylic oxidation sites excluding steroid dienone is 2. The van der Waals surface area contributed by atoms with Gasteiger partial charge in [-0.2, -0.15) is 0 Å². The minimum absolute atomic E-state index is 0.566. The molecular weight excluding hydrogens is 380 g/mol. The zero-order valence-corrected chi connectivity index (χ0v) is 19.8. The number of hydrogen-bond donors (Lipinski definition) is 0. The first kappa shape index (κ1) is 23.8. The zero-order valence-electron chi connectivity index (χ0n) is 19.8. The second-order valence-electron chi connectivity index (χ2n) is 9.50. The average molecular weight is 423 g/mol. The van der Waals surface area contributed by atoms with Gasteiger partial charge in [0.15, 0.2) is 0 Å². The topological polar surface area (TPSA) is 18.5 Å². The summed E-state index contributed by atoms with van der Waals surface area (Å²) in [6.07, 6.45) is 19.2. The molecule has 2 saturated carbocycles. The molecule has 0 spiro atoms. The van der Waals surface area contributed by atoms with Gasteiger partial charge in [0.25, 0.3) is 0 Å². The molecule has 2 aliphatic carbocycles. The Morgan fingerprint density at radius 2 is 1.48 bits per heavy atom. The lowest BCUT2D eigenvalue weighted by Crippen LogP contribution is -2.19. The lowest BCUT2D eigenvalue weighted by Gasteiger charge is -2.26. The molecule has 0 unspecified atom stereocenters. The highest BCUT2D eigenvalue weighted by molar-refractivity contribution is 5.31. The monoisotopic (exact) mass is 422 g/mol. The Morgan fingerprint density at radius 1 is 0.839 bits per heavy atom. The van der Waals surface area contributed by atoms with Crippen molar-refractivity contribution in [2.75, 3.05) is 13.2 Å². The van der Waals surface area contributed by atoms with Crippen LogP contribution >= 0.6 is 0 Å². The molecule has 2 fully saturated rings. The lowest BCUT2D eigenvalue weighted by molar-refractivity contribution is 0.196. The molecule has 0 atom stereocenters. The summed E-state index contributed by atoms with van der Waals surface area (Å²) in [7, 11) is 0. The van der Waals surface area contributed by atoms with Crippen LogP contribution in [0.1, 0.15) is 84.5 Å². The molecule has 0 saturated heterocycles. The maximum atomic E-state index is 6.01. The lowest BCUT2D eigenvalue weighted by atomic mass is 9.80. The van der Waals surface area contributed by atoms with Crippen molar-refractivity contribution in [2.45, 2.75) is 84.5 Å². The maximum absolute atomic E-state index is 6.01. The molecule has 2 nitrogen and oxygen atoms in total. The van der Waals surface area contributed by atoms with Crippen molar-refractivity contribution in [3.63, 3.8) is 0 Å². The molecule has 0 aromatic heterocycles. The second-order valence-corrected chi connectivity index (χ2v) is 9.50. The SMILES string of the molecule is CCCCC1CCC(/C=C/C#CC2CCC(COc3ccc(OCC)cc3)CC2)CC1. The van der Waals surface area contributed by atoms with E-state index < -0.39 is 0 Å². The highest BCUT2D eigenvalue weighted by Crippen LogP contribution is 2.32. The molecule has 3 rings (SSSR count). The fourth-order valence-electron chi connectivity index (χ4n) is 5.00. The normalized spacial score (nSPS) is 26.3. The third kappa shape index (κ3) is 8.64. The van der Waals surface area contributed by atoms with E-state index in [0.717, 1.165) is 29.9 Å². The largest absolute Gasteiger partial charge is 0.494 e. The van der Waals surface area contributed by atoms with E-state index in [9.17, 15) is 0 Å². The Hall–Kier alpha value is -1.88. The number of rotatable bonds is 9. The fraction of sp³-hybridized carbons (Fsp3) is 0.655. The van der Waals surface area contributed by atoms with Crippen LogP contribution in [0.2, 0.25) is 0 Å². The molecule has 170 valence electrons. The molecular formula is C29H42O2. The molecule has 0 aliphatic heterocycles. The van der Waals surface area contributed by atoms with E-state index in [0.29, 0.717) is 18.4 Å². The average Bonchev–Trinajstić information content (AvgIpc) is 2.82. The summed E-state index contributed by atoms with van der Waals surface area (Å²) in [6.45, 7) is 5.81. The van der Waals surface area contributed by atoms with Gasteiger partial charge in [0.05, 0.1) is 13.2 Å². The molecule has 0 radical (unpaired) electrons. The van der Waals surface area contributed by atoms with Crippen molar-refractivity contribution in [2.24, 2.45) is 23.7 Å². The standard InChI is InChI=1S/C29H42O2/c1-3-5-8-24-11-13-25(14-12-24)9-6-7-10-26-15-17-27(18-16-26)23-31-29-21-19-28(20-22-29)30-4-2/h6,9,19-22,24-27H,3-5,8,11-18,23H2,1-2H3/b9-6+. The van der Waals surface area contributed by atoms with Crippen LogP contribution in [0.5, 0.6) is 11.5 Å². The zero-order chi connectivity index (χ0) is 21.7. The summed E-state index contributed by atoms with van der Waals surface area (Å²) in [5.74, 6) is 11.7. The molecule has 0 N–H and O–H groups in total. The minimum atomic E-state index is 0.566. The highest BCUT2D eigenvalue weighted by Gasteiger charge is 2.21. The molecule has 2 aliphatic rings. The van der Waals surface area contributed by atoms with Crippen molar-refractivity contribution < 1.29 is 9.47 Å². The highest BCUT2D eigenvalue weighted by atomic mass is 16.5. The molecule has 0 heterocycles. The summed E-state index contributed by atoms with van der Waals surface area (Å²) in [5, 5.41) is 0. The Bertz CT molecular complexity index is 692. The molecule has 1 aromatic carbocycles. The molecule has 0 bridgehead atoms. The number of ether oxygens (including phenoxy) is 2. The second kappa shape index (κ2) is 13.5. The number of unbranched alkanes of at least 4 members (excludes halogenated alkanes) is 1. The van der Waals surface area contributed by atoms with Crippen LogP contribution in [0.3, 0.4) is 0 Å². The Balaban J connectivity index is 1.30. The van der Waals surface area contributed by atoms with Crippen LogP contribution in [0, 0.1) is 35.5 Å². The summed E-state index contributed by atoms with van der Waals surface area (Å²) in [6, 6.07) is 7.98. The van der Waals surface area contributed by atoms with Crippen LogP contribution in [-0.4, -0.2) is 13.2 Å².